The molecule has 1 aromatic carbocycles. The zero-order valence-corrected chi connectivity index (χ0v) is 11.4. The van der Waals surface area contributed by atoms with Crippen molar-refractivity contribution >= 4 is 29.2 Å². The number of aliphatic hydroxyl groups excluding tert-OH is 1. The molecule has 0 bridgehead atoms. The quantitative estimate of drug-likeness (QED) is 0.631. The van der Waals surface area contributed by atoms with E-state index in [0.29, 0.717) is 0 Å². The van der Waals surface area contributed by atoms with Crippen molar-refractivity contribution in [2.24, 2.45) is 0 Å². The highest BCUT2D eigenvalue weighted by molar-refractivity contribution is 6.31. The van der Waals surface area contributed by atoms with Gasteiger partial charge in [-0.25, -0.2) is 4.79 Å². The Bertz CT molecular complexity index is 620. The third-order valence-corrected chi connectivity index (χ3v) is 3.38. The normalized spacial score (nSPS) is 21.3. The minimum absolute atomic E-state index is 0.000768. The first-order valence-electron chi connectivity index (χ1n) is 5.96. The maximum absolute atomic E-state index is 12.3. The molecule has 0 saturated carbocycles. The Morgan fingerprint density at radius 3 is 2.62 bits per heavy atom. The van der Waals surface area contributed by atoms with E-state index >= 15 is 0 Å². The number of carboxylic acid groups (broad SMARTS) is 1. The van der Waals surface area contributed by atoms with Crippen molar-refractivity contribution in [2.75, 3.05) is 6.54 Å². The lowest BCUT2D eigenvalue weighted by molar-refractivity contribution is -0.384. The lowest BCUT2D eigenvalue weighted by atomic mass is 10.1. The van der Waals surface area contributed by atoms with Crippen LogP contribution in [-0.4, -0.2) is 50.6 Å². The number of amides is 1. The second kappa shape index (κ2) is 5.66. The number of aliphatic hydroxyl groups is 1. The van der Waals surface area contributed by atoms with Crippen LogP contribution in [0, 0.1) is 10.1 Å². The van der Waals surface area contributed by atoms with Gasteiger partial charge in [-0.2, -0.15) is 0 Å². The molecular weight excluding hydrogens is 304 g/mol. The summed E-state index contributed by atoms with van der Waals surface area (Å²) in [7, 11) is 0. The van der Waals surface area contributed by atoms with Crippen molar-refractivity contribution in [3.8, 4) is 0 Å². The fraction of sp³-hybridized carbons (Fsp3) is 0.333. The predicted molar refractivity (Wildman–Crippen MR) is 71.2 cm³/mol. The Morgan fingerprint density at radius 1 is 1.38 bits per heavy atom. The number of hydrogen-bond donors (Lipinski definition) is 2. The maximum atomic E-state index is 12.3. The molecule has 2 N–H and O–H groups in total. The fourth-order valence-corrected chi connectivity index (χ4v) is 2.47. The van der Waals surface area contributed by atoms with Gasteiger partial charge in [-0.15, -0.1) is 0 Å². The minimum atomic E-state index is -1.24. The van der Waals surface area contributed by atoms with E-state index in [-0.39, 0.29) is 29.2 Å². The van der Waals surface area contributed by atoms with Crippen molar-refractivity contribution in [2.45, 2.75) is 18.6 Å². The van der Waals surface area contributed by atoms with Gasteiger partial charge in [0.25, 0.3) is 11.6 Å². The Kier molecular flexibility index (Phi) is 4.10. The second-order valence-corrected chi connectivity index (χ2v) is 5.09. The number of nitrogens with zero attached hydrogens (tertiary/aromatic N) is 2. The van der Waals surface area contributed by atoms with Gasteiger partial charge >= 0.3 is 5.97 Å². The molecule has 1 aliphatic heterocycles. The number of carboxylic acids is 1. The molecule has 0 aliphatic carbocycles. The molecule has 9 heteroatoms. The first-order valence-corrected chi connectivity index (χ1v) is 6.34. The highest BCUT2D eigenvalue weighted by atomic mass is 35.5. The van der Waals surface area contributed by atoms with Crippen LogP contribution in [0.15, 0.2) is 18.2 Å². The molecule has 0 radical (unpaired) electrons. The van der Waals surface area contributed by atoms with E-state index < -0.39 is 28.9 Å². The van der Waals surface area contributed by atoms with Gasteiger partial charge in [0.05, 0.1) is 11.0 Å². The van der Waals surface area contributed by atoms with Gasteiger partial charge in [-0.3, -0.25) is 14.9 Å². The topological polar surface area (TPSA) is 121 Å². The average molecular weight is 315 g/mol. The zero-order chi connectivity index (χ0) is 15.7. The molecule has 0 unspecified atom stereocenters. The number of nitro benzene ring substituents is 1. The van der Waals surface area contributed by atoms with Crippen LogP contribution in [0.4, 0.5) is 5.69 Å². The van der Waals surface area contributed by atoms with E-state index in [1.54, 1.807) is 0 Å². The van der Waals surface area contributed by atoms with E-state index in [9.17, 15) is 24.8 Å². The summed E-state index contributed by atoms with van der Waals surface area (Å²) in [6.45, 7) is -0.143. The largest absolute Gasteiger partial charge is 0.480 e. The van der Waals surface area contributed by atoms with Crippen molar-refractivity contribution in [3.05, 3.63) is 38.9 Å². The molecule has 0 aromatic heterocycles. The van der Waals surface area contributed by atoms with Crippen molar-refractivity contribution in [1.29, 1.82) is 0 Å². The number of aliphatic carboxylic acids is 1. The van der Waals surface area contributed by atoms with Crippen molar-refractivity contribution < 1.29 is 24.7 Å². The molecule has 2 rings (SSSR count). The molecule has 1 fully saturated rings. The highest BCUT2D eigenvalue weighted by Gasteiger charge is 2.39. The Labute approximate surface area is 123 Å². The number of hydrogen-bond acceptors (Lipinski definition) is 5. The standard InChI is InChI=1S/C12H11ClN2O6/c13-7-1-6(2-8(3-7)15(20)21)11(17)14-5-9(16)4-10(14)12(18)19/h1-3,9-10,16H,4-5H2,(H,18,19)/t9-,10-/m0/s1. The molecule has 1 heterocycles. The zero-order valence-electron chi connectivity index (χ0n) is 10.6. The highest BCUT2D eigenvalue weighted by Crippen LogP contribution is 2.25. The third-order valence-electron chi connectivity index (χ3n) is 3.17. The molecule has 21 heavy (non-hydrogen) atoms. The lowest BCUT2D eigenvalue weighted by Crippen LogP contribution is -2.40. The smallest absolute Gasteiger partial charge is 0.326 e. The van der Waals surface area contributed by atoms with Crippen LogP contribution in [-0.2, 0) is 4.79 Å². The van der Waals surface area contributed by atoms with Gasteiger partial charge in [-0.05, 0) is 6.07 Å². The summed E-state index contributed by atoms with van der Waals surface area (Å²) in [5.74, 6) is -1.96. The number of β-amino-alcohol motifs (C(OH)–C–C–N with tert-alkyl or cyclic N) is 1. The molecule has 1 aromatic rings. The summed E-state index contributed by atoms with van der Waals surface area (Å²) in [6.07, 6.45) is -1.02. The summed E-state index contributed by atoms with van der Waals surface area (Å²) < 4.78 is 0. The molecular formula is C12H11ClN2O6. The summed E-state index contributed by atoms with van der Waals surface area (Å²) in [5, 5.41) is 29.3. The van der Waals surface area contributed by atoms with Crippen LogP contribution in [0.25, 0.3) is 0 Å². The number of non-ortho nitro benzene ring substituents is 1. The summed E-state index contributed by atoms with van der Waals surface area (Å²) in [4.78, 5) is 34.4. The van der Waals surface area contributed by atoms with E-state index in [1.165, 1.54) is 6.07 Å². The van der Waals surface area contributed by atoms with Crippen molar-refractivity contribution in [3.63, 3.8) is 0 Å². The molecule has 1 amide bonds. The van der Waals surface area contributed by atoms with Crippen LogP contribution in [0.5, 0.6) is 0 Å². The van der Waals surface area contributed by atoms with Gasteiger partial charge in [0, 0.05) is 35.7 Å². The van der Waals surface area contributed by atoms with Gasteiger partial charge in [0.1, 0.15) is 6.04 Å². The fourth-order valence-electron chi connectivity index (χ4n) is 2.24. The number of likely N-dealkylation sites (tertiary alicyclic amines) is 1. The van der Waals surface area contributed by atoms with E-state index in [0.717, 1.165) is 17.0 Å². The monoisotopic (exact) mass is 314 g/mol. The molecule has 8 nitrogen and oxygen atoms in total. The number of carbonyl (C=O) groups excluding carboxylic acids is 1. The van der Waals surface area contributed by atoms with Gasteiger partial charge < -0.3 is 15.1 Å². The van der Waals surface area contributed by atoms with E-state index in [4.69, 9.17) is 16.7 Å². The summed E-state index contributed by atoms with van der Waals surface area (Å²) in [5.41, 5.74) is -0.452. The van der Waals surface area contributed by atoms with Crippen LogP contribution in [0.3, 0.4) is 0 Å². The summed E-state index contributed by atoms with van der Waals surface area (Å²) >= 11 is 5.73. The molecule has 2 atom stereocenters. The Balaban J connectivity index is 2.35. The van der Waals surface area contributed by atoms with Crippen LogP contribution in [0.1, 0.15) is 16.8 Å². The van der Waals surface area contributed by atoms with Crippen LogP contribution >= 0.6 is 11.6 Å². The number of halogens is 1. The third kappa shape index (κ3) is 3.11. The van der Waals surface area contributed by atoms with Gasteiger partial charge in [-0.1, -0.05) is 11.6 Å². The Hall–Kier alpha value is -2.19. The summed E-state index contributed by atoms with van der Waals surface area (Å²) in [6, 6.07) is 2.18. The number of benzene rings is 1. The molecule has 1 saturated heterocycles. The Morgan fingerprint density at radius 2 is 2.05 bits per heavy atom. The molecule has 1 aliphatic rings. The predicted octanol–water partition coefficient (Wildman–Crippen LogP) is 0.908. The number of carbonyl (C=O) groups is 2. The number of rotatable bonds is 3. The van der Waals surface area contributed by atoms with E-state index in [1.807, 2.05) is 0 Å². The second-order valence-electron chi connectivity index (χ2n) is 4.66. The SMILES string of the molecule is O=C(O)[C@@H]1C[C@H](O)CN1C(=O)c1cc(Cl)cc([N+](=O)[O-])c1. The first-order chi connectivity index (χ1) is 9.79. The van der Waals surface area contributed by atoms with Crippen molar-refractivity contribution in [1.82, 2.24) is 4.90 Å². The van der Waals surface area contributed by atoms with Crippen LogP contribution in [0.2, 0.25) is 5.02 Å². The molecule has 112 valence electrons. The maximum Gasteiger partial charge on any atom is 0.326 e. The molecule has 0 spiro atoms. The first kappa shape index (κ1) is 15.2. The van der Waals surface area contributed by atoms with Crippen LogP contribution < -0.4 is 0 Å². The minimum Gasteiger partial charge on any atom is -0.480 e. The van der Waals surface area contributed by atoms with E-state index in [2.05, 4.69) is 0 Å². The average Bonchev–Trinajstić information content (AvgIpc) is 2.79. The van der Waals surface area contributed by atoms with Gasteiger partial charge in [0.2, 0.25) is 0 Å². The lowest BCUT2D eigenvalue weighted by Gasteiger charge is -2.21. The number of nitro groups is 1. The van der Waals surface area contributed by atoms with Gasteiger partial charge in [0.15, 0.2) is 0 Å².